The maximum Gasteiger partial charge on any atom is 0.385 e. The van der Waals surface area contributed by atoms with Crippen LogP contribution in [0.3, 0.4) is 0 Å². The van der Waals surface area contributed by atoms with Crippen molar-refractivity contribution >= 4 is 5.91 Å². The summed E-state index contributed by atoms with van der Waals surface area (Å²) in [6.07, 6.45) is -9.32. The van der Waals surface area contributed by atoms with Crippen molar-refractivity contribution in [3.05, 3.63) is 0 Å². The Balaban J connectivity index is 6.97. The van der Waals surface area contributed by atoms with Crippen LogP contribution >= 0.6 is 0 Å². The lowest BCUT2D eigenvalue weighted by molar-refractivity contribution is -0.476. The van der Waals surface area contributed by atoms with Crippen LogP contribution in [0.2, 0.25) is 0 Å². The van der Waals surface area contributed by atoms with Gasteiger partial charge in [-0.25, -0.2) is 8.78 Å². The first-order valence-corrected chi connectivity index (χ1v) is 11.0. The fourth-order valence-corrected chi connectivity index (χ4v) is 2.82. The molecule has 0 heterocycles. The number of halogens is 24. The lowest BCUT2D eigenvalue weighted by Gasteiger charge is -2.45. The van der Waals surface area contributed by atoms with Gasteiger partial charge in [-0.15, -0.1) is 0 Å². The number of carbonyl (C=O) groups is 1. The van der Waals surface area contributed by atoms with Crippen LogP contribution in [0.25, 0.3) is 0 Å². The molecule has 26 heteroatoms. The Bertz CT molecular complexity index is 1050. The molecule has 0 fully saturated rings. The van der Waals surface area contributed by atoms with Crippen LogP contribution in [0.1, 0.15) is 26.7 Å². The molecule has 0 spiro atoms. The number of hydrogen-bond donors (Lipinski definition) is 1. The highest BCUT2D eigenvalue weighted by Crippen LogP contribution is 2.67. The third-order valence-corrected chi connectivity index (χ3v) is 6.10. The van der Waals surface area contributed by atoms with Gasteiger partial charge < -0.3 is 5.32 Å². The van der Waals surface area contributed by atoms with Gasteiger partial charge in [0.25, 0.3) is 0 Å². The number of alkyl halides is 24. The molecule has 2 nitrogen and oxygen atoms in total. The lowest BCUT2D eigenvalue weighted by Crippen LogP contribution is -2.78. The quantitative estimate of drug-likeness (QED) is 0.158. The van der Waals surface area contributed by atoms with Crippen molar-refractivity contribution in [2.75, 3.05) is 6.54 Å². The summed E-state index contributed by atoms with van der Waals surface area (Å²) in [7, 11) is 0. The van der Waals surface area contributed by atoms with Gasteiger partial charge in [0.05, 0.1) is 0 Å². The summed E-state index contributed by atoms with van der Waals surface area (Å²) >= 11 is 0. The maximum atomic E-state index is 13.9. The average Bonchev–Trinajstić information content (AvgIpc) is 2.86. The fraction of sp³-hybridized carbons (Fsp3) is 0.947. The molecule has 45 heavy (non-hydrogen) atoms. The van der Waals surface area contributed by atoms with Crippen LogP contribution in [0.4, 0.5) is 105 Å². The van der Waals surface area contributed by atoms with Gasteiger partial charge in [0, 0.05) is 18.9 Å². The highest BCUT2D eigenvalue weighted by molar-refractivity contribution is 5.78. The van der Waals surface area contributed by atoms with E-state index in [1.54, 1.807) is 0 Å². The Morgan fingerprint density at radius 1 is 0.511 bits per heavy atom. The fourth-order valence-electron chi connectivity index (χ4n) is 2.82. The first-order chi connectivity index (χ1) is 19.3. The Hall–Kier alpha value is -2.21. The molecule has 0 saturated heterocycles. The number of nitrogens with one attached hydrogen (secondary N) is 1. The molecule has 0 saturated carbocycles. The molecule has 0 rings (SSSR count). The Kier molecular flexibility index (Phi) is 11.2. The van der Waals surface area contributed by atoms with Gasteiger partial charge in [-0.05, 0) is 6.42 Å². The second kappa shape index (κ2) is 11.8. The molecular formula is C19H15F24NO. The molecule has 1 unspecified atom stereocenters. The SMILES string of the molecule is CCC(C)C(=O)NCCC(F)(F)C(F)(F)C(F)(F)C(F)(F)C(F)(F)C(F)(F)C(F)(F)C(F)(F)C(F)(F)C(F)(F)C(F)(F)C(F)F. The van der Waals surface area contributed by atoms with Gasteiger partial charge in [0.15, 0.2) is 0 Å². The van der Waals surface area contributed by atoms with E-state index in [0.717, 1.165) is 6.92 Å². The first kappa shape index (κ1) is 42.8. The number of rotatable bonds is 16. The predicted molar refractivity (Wildman–Crippen MR) is 97.5 cm³/mol. The van der Waals surface area contributed by atoms with E-state index < -0.39 is 96.4 Å². The van der Waals surface area contributed by atoms with Crippen molar-refractivity contribution < 1.29 is 110 Å². The summed E-state index contributed by atoms with van der Waals surface area (Å²) in [5.41, 5.74) is 0. The minimum Gasteiger partial charge on any atom is -0.356 e. The molecule has 1 atom stereocenters. The van der Waals surface area contributed by atoms with Crippen LogP contribution in [-0.2, 0) is 4.79 Å². The van der Waals surface area contributed by atoms with E-state index in [1.165, 1.54) is 12.2 Å². The van der Waals surface area contributed by atoms with Crippen molar-refractivity contribution in [1.82, 2.24) is 5.32 Å². The third kappa shape index (κ3) is 5.80. The maximum absolute atomic E-state index is 13.9. The largest absolute Gasteiger partial charge is 0.385 e. The summed E-state index contributed by atoms with van der Waals surface area (Å²) in [6, 6.07) is 0. The molecule has 0 aromatic rings. The summed E-state index contributed by atoms with van der Waals surface area (Å²) in [5, 5.41) is 1.32. The monoisotopic (exact) mass is 729 g/mol. The van der Waals surface area contributed by atoms with Crippen LogP contribution in [-0.4, -0.2) is 84.0 Å². The van der Waals surface area contributed by atoms with E-state index in [-0.39, 0.29) is 6.42 Å². The second-order valence-electron chi connectivity index (χ2n) is 9.15. The van der Waals surface area contributed by atoms with E-state index in [9.17, 15) is 110 Å². The van der Waals surface area contributed by atoms with Gasteiger partial charge in [0.1, 0.15) is 0 Å². The molecule has 0 radical (unpaired) electrons. The van der Waals surface area contributed by atoms with Crippen molar-refractivity contribution in [3.8, 4) is 0 Å². The van der Waals surface area contributed by atoms with Crippen LogP contribution in [0.15, 0.2) is 0 Å². The molecule has 0 bridgehead atoms. The van der Waals surface area contributed by atoms with Crippen molar-refractivity contribution in [2.24, 2.45) is 5.92 Å². The zero-order valence-corrected chi connectivity index (χ0v) is 21.3. The number of amides is 1. The third-order valence-electron chi connectivity index (χ3n) is 6.10. The van der Waals surface area contributed by atoms with Crippen LogP contribution in [0.5, 0.6) is 0 Å². The van der Waals surface area contributed by atoms with Gasteiger partial charge in [-0.3, -0.25) is 4.79 Å². The summed E-state index contributed by atoms with van der Waals surface area (Å²) in [4.78, 5) is 11.4. The van der Waals surface area contributed by atoms with E-state index in [2.05, 4.69) is 0 Å². The number of carbonyl (C=O) groups excluding carboxylic acids is 1. The average molecular weight is 729 g/mol. The smallest absolute Gasteiger partial charge is 0.356 e. The van der Waals surface area contributed by atoms with Gasteiger partial charge in [-0.2, -0.15) is 96.6 Å². The van der Waals surface area contributed by atoms with Gasteiger partial charge in [-0.1, -0.05) is 13.8 Å². The molecule has 1 amide bonds. The molecular weight excluding hydrogens is 714 g/mol. The minimum absolute atomic E-state index is 0.103. The molecule has 0 aliphatic heterocycles. The Labute approximate surface area is 233 Å². The summed E-state index contributed by atoms with van der Waals surface area (Å²) in [6.45, 7) is 0.396. The van der Waals surface area contributed by atoms with Crippen LogP contribution in [0, 0.1) is 5.92 Å². The lowest BCUT2D eigenvalue weighted by atomic mass is 9.84. The Morgan fingerprint density at radius 2 is 0.778 bits per heavy atom. The van der Waals surface area contributed by atoms with E-state index in [1.807, 2.05) is 0 Å². The van der Waals surface area contributed by atoms with Crippen molar-refractivity contribution in [2.45, 2.75) is 98.3 Å². The summed E-state index contributed by atoms with van der Waals surface area (Å²) in [5.74, 6) is -98.9. The van der Waals surface area contributed by atoms with Gasteiger partial charge >= 0.3 is 71.6 Å². The molecule has 0 aromatic carbocycles. The summed E-state index contributed by atoms with van der Waals surface area (Å²) < 4.78 is 323. The zero-order chi connectivity index (χ0) is 37.1. The van der Waals surface area contributed by atoms with E-state index in [0.29, 0.717) is 0 Å². The Morgan fingerprint density at radius 3 is 1.04 bits per heavy atom. The highest BCUT2D eigenvalue weighted by Gasteiger charge is 2.98. The van der Waals surface area contributed by atoms with Crippen molar-refractivity contribution in [3.63, 3.8) is 0 Å². The second-order valence-corrected chi connectivity index (χ2v) is 9.15. The minimum atomic E-state index is -9.49. The molecule has 0 aliphatic carbocycles. The van der Waals surface area contributed by atoms with E-state index >= 15 is 0 Å². The molecule has 270 valence electrons. The van der Waals surface area contributed by atoms with Gasteiger partial charge in [0.2, 0.25) is 5.91 Å². The van der Waals surface area contributed by atoms with Crippen LogP contribution < -0.4 is 5.32 Å². The van der Waals surface area contributed by atoms with E-state index in [4.69, 9.17) is 0 Å². The molecule has 1 N–H and O–H groups in total. The number of hydrogen-bond acceptors (Lipinski definition) is 1. The molecule has 0 aliphatic rings. The highest BCUT2D eigenvalue weighted by atomic mass is 19.4. The predicted octanol–water partition coefficient (Wildman–Crippen LogP) is 8.79. The zero-order valence-electron chi connectivity index (χ0n) is 21.3. The van der Waals surface area contributed by atoms with Crippen molar-refractivity contribution in [1.29, 1.82) is 0 Å². The first-order valence-electron chi connectivity index (χ1n) is 11.0. The molecule has 0 aromatic heterocycles. The standard InChI is InChI=1S/C19H15F24NO/c1-3-6(2)7(45)44-5-4-9(22,23)11(26,27)13(30,31)15(34,35)17(38,39)19(42,43)18(40,41)16(36,37)14(32,33)12(28,29)10(24,25)8(20)21/h6,8H,3-5H2,1-2H3,(H,44,45). The normalized spacial score (nSPS) is 16.7. The topological polar surface area (TPSA) is 29.1 Å².